The molecular weight excluding hydrogens is 347 g/mol. The van der Waals surface area contributed by atoms with E-state index in [1.165, 1.54) is 18.2 Å². The lowest BCUT2D eigenvalue weighted by Crippen LogP contribution is -2.13. The average molecular weight is 354 g/mol. The number of anilines is 1. The standard InChI is InChI=1S/C14H7BrClFN2O/c15-9-2-3-10(11(16)6-9)14(20)19-13-4-1-8(7-18)5-12(13)17/h1-6H,(H,19,20). The van der Waals surface area contributed by atoms with Crippen molar-refractivity contribution in [1.29, 1.82) is 5.26 Å². The second-order valence-corrected chi connectivity index (χ2v) is 5.21. The maximum atomic E-state index is 13.7. The number of carbonyl (C=O) groups excluding carboxylic acids is 1. The molecule has 0 fully saturated rings. The Bertz CT molecular complexity index is 728. The largest absolute Gasteiger partial charge is 0.319 e. The average Bonchev–Trinajstić information content (AvgIpc) is 2.40. The van der Waals surface area contributed by atoms with Crippen LogP contribution in [0.25, 0.3) is 0 Å². The summed E-state index contributed by atoms with van der Waals surface area (Å²) >= 11 is 9.18. The lowest BCUT2D eigenvalue weighted by atomic mass is 10.2. The molecule has 0 atom stereocenters. The minimum atomic E-state index is -0.675. The monoisotopic (exact) mass is 352 g/mol. The van der Waals surface area contributed by atoms with Crippen molar-refractivity contribution in [3.8, 4) is 6.07 Å². The van der Waals surface area contributed by atoms with Crippen molar-refractivity contribution >= 4 is 39.1 Å². The SMILES string of the molecule is N#Cc1ccc(NC(=O)c2ccc(Br)cc2Cl)c(F)c1. The zero-order valence-corrected chi connectivity index (χ0v) is 12.3. The van der Waals surface area contributed by atoms with Crippen LogP contribution in [-0.2, 0) is 0 Å². The van der Waals surface area contributed by atoms with Crippen LogP contribution in [-0.4, -0.2) is 5.91 Å². The molecule has 0 aliphatic carbocycles. The van der Waals surface area contributed by atoms with Gasteiger partial charge in [-0.05, 0) is 36.4 Å². The first-order chi connectivity index (χ1) is 9.51. The minimum absolute atomic E-state index is 0.00649. The van der Waals surface area contributed by atoms with Crippen LogP contribution < -0.4 is 5.32 Å². The van der Waals surface area contributed by atoms with Crippen molar-refractivity contribution in [2.75, 3.05) is 5.32 Å². The number of carbonyl (C=O) groups is 1. The van der Waals surface area contributed by atoms with E-state index in [-0.39, 0.29) is 21.8 Å². The molecular formula is C14H7BrClFN2O. The van der Waals surface area contributed by atoms with Crippen molar-refractivity contribution in [3.05, 3.63) is 62.8 Å². The molecule has 0 saturated carbocycles. The lowest BCUT2D eigenvalue weighted by molar-refractivity contribution is 0.102. The fraction of sp³-hybridized carbons (Fsp3) is 0. The Morgan fingerprint density at radius 2 is 2.05 bits per heavy atom. The Morgan fingerprint density at radius 3 is 2.65 bits per heavy atom. The van der Waals surface area contributed by atoms with E-state index in [1.54, 1.807) is 12.1 Å². The van der Waals surface area contributed by atoms with Gasteiger partial charge >= 0.3 is 0 Å². The second-order valence-electron chi connectivity index (χ2n) is 3.88. The highest BCUT2D eigenvalue weighted by Gasteiger charge is 2.13. The van der Waals surface area contributed by atoms with Crippen LogP contribution in [0.4, 0.5) is 10.1 Å². The van der Waals surface area contributed by atoms with Gasteiger partial charge in [-0.1, -0.05) is 27.5 Å². The zero-order valence-electron chi connectivity index (χ0n) is 9.95. The third-order valence-electron chi connectivity index (χ3n) is 2.52. The molecule has 2 rings (SSSR count). The van der Waals surface area contributed by atoms with E-state index in [2.05, 4.69) is 21.2 Å². The Hall–Kier alpha value is -1.90. The van der Waals surface area contributed by atoms with Crippen LogP contribution in [0.1, 0.15) is 15.9 Å². The third-order valence-corrected chi connectivity index (χ3v) is 3.33. The summed E-state index contributed by atoms with van der Waals surface area (Å²) < 4.78 is 14.4. The van der Waals surface area contributed by atoms with Crippen LogP contribution in [0.15, 0.2) is 40.9 Å². The number of amides is 1. The van der Waals surface area contributed by atoms with Gasteiger partial charge in [-0.25, -0.2) is 4.39 Å². The molecule has 0 aromatic heterocycles. The third kappa shape index (κ3) is 3.16. The topological polar surface area (TPSA) is 52.9 Å². The first-order valence-corrected chi connectivity index (χ1v) is 6.64. The molecule has 0 aliphatic heterocycles. The van der Waals surface area contributed by atoms with Gasteiger partial charge in [0.1, 0.15) is 5.82 Å². The van der Waals surface area contributed by atoms with Gasteiger partial charge in [0.2, 0.25) is 0 Å². The minimum Gasteiger partial charge on any atom is -0.319 e. The fourth-order valence-electron chi connectivity index (χ4n) is 1.55. The van der Waals surface area contributed by atoms with E-state index in [1.807, 2.05) is 6.07 Å². The van der Waals surface area contributed by atoms with Crippen LogP contribution in [0.5, 0.6) is 0 Å². The number of hydrogen-bond donors (Lipinski definition) is 1. The number of benzene rings is 2. The fourth-order valence-corrected chi connectivity index (χ4v) is 2.31. The predicted octanol–water partition coefficient (Wildman–Crippen LogP) is 4.37. The highest BCUT2D eigenvalue weighted by molar-refractivity contribution is 9.10. The summed E-state index contributed by atoms with van der Waals surface area (Å²) in [6, 6.07) is 10.4. The number of halogens is 3. The summed E-state index contributed by atoms with van der Waals surface area (Å²) in [6.45, 7) is 0. The normalized spacial score (nSPS) is 9.90. The first-order valence-electron chi connectivity index (χ1n) is 5.47. The maximum Gasteiger partial charge on any atom is 0.257 e. The van der Waals surface area contributed by atoms with Crippen molar-refractivity contribution < 1.29 is 9.18 Å². The van der Waals surface area contributed by atoms with Crippen LogP contribution in [0.2, 0.25) is 5.02 Å². The highest BCUT2D eigenvalue weighted by Crippen LogP contribution is 2.23. The first kappa shape index (κ1) is 14.5. The molecule has 0 aliphatic rings. The molecule has 2 aromatic rings. The van der Waals surface area contributed by atoms with Gasteiger partial charge in [0.25, 0.3) is 5.91 Å². The van der Waals surface area contributed by atoms with Crippen molar-refractivity contribution in [2.45, 2.75) is 0 Å². The van der Waals surface area contributed by atoms with Crippen LogP contribution >= 0.6 is 27.5 Å². The zero-order chi connectivity index (χ0) is 14.7. The van der Waals surface area contributed by atoms with Crippen molar-refractivity contribution in [1.82, 2.24) is 0 Å². The highest BCUT2D eigenvalue weighted by atomic mass is 79.9. The Labute approximate surface area is 128 Å². The molecule has 0 radical (unpaired) electrons. The quantitative estimate of drug-likeness (QED) is 0.872. The summed E-state index contributed by atoms with van der Waals surface area (Å²) in [5.74, 6) is -1.20. The van der Waals surface area contributed by atoms with E-state index in [0.29, 0.717) is 0 Å². The molecule has 1 amide bonds. The summed E-state index contributed by atoms with van der Waals surface area (Å²) in [7, 11) is 0. The number of nitrogens with zero attached hydrogens (tertiary/aromatic N) is 1. The Morgan fingerprint density at radius 1 is 1.30 bits per heavy atom. The van der Waals surface area contributed by atoms with E-state index in [0.717, 1.165) is 10.5 Å². The molecule has 20 heavy (non-hydrogen) atoms. The van der Waals surface area contributed by atoms with Crippen LogP contribution in [0, 0.1) is 17.1 Å². The second kappa shape index (κ2) is 6.04. The molecule has 6 heteroatoms. The Balaban J connectivity index is 2.26. The molecule has 0 spiro atoms. The number of hydrogen-bond acceptors (Lipinski definition) is 2. The smallest absolute Gasteiger partial charge is 0.257 e. The van der Waals surface area contributed by atoms with Gasteiger partial charge in [-0.3, -0.25) is 4.79 Å². The summed E-state index contributed by atoms with van der Waals surface area (Å²) in [5.41, 5.74) is 0.411. The predicted molar refractivity (Wildman–Crippen MR) is 78.2 cm³/mol. The summed E-state index contributed by atoms with van der Waals surface area (Å²) in [6.07, 6.45) is 0. The molecule has 0 heterocycles. The number of nitriles is 1. The molecule has 3 nitrogen and oxygen atoms in total. The van der Waals surface area contributed by atoms with E-state index in [9.17, 15) is 9.18 Å². The molecule has 0 unspecified atom stereocenters. The summed E-state index contributed by atoms with van der Waals surface area (Å²) in [4.78, 5) is 12.0. The molecule has 2 aromatic carbocycles. The molecule has 0 bridgehead atoms. The van der Waals surface area contributed by atoms with Crippen LogP contribution in [0.3, 0.4) is 0 Å². The van der Waals surface area contributed by atoms with Crippen molar-refractivity contribution in [3.63, 3.8) is 0 Å². The van der Waals surface area contributed by atoms with Gasteiger partial charge < -0.3 is 5.32 Å². The van der Waals surface area contributed by atoms with Gasteiger partial charge in [-0.15, -0.1) is 0 Å². The van der Waals surface area contributed by atoms with Gasteiger partial charge in [0.05, 0.1) is 27.9 Å². The molecule has 100 valence electrons. The number of nitrogens with one attached hydrogen (secondary N) is 1. The Kier molecular flexibility index (Phi) is 4.38. The molecule has 0 saturated heterocycles. The van der Waals surface area contributed by atoms with E-state index < -0.39 is 11.7 Å². The maximum absolute atomic E-state index is 13.7. The van der Waals surface area contributed by atoms with Gasteiger partial charge in [-0.2, -0.15) is 5.26 Å². The van der Waals surface area contributed by atoms with Gasteiger partial charge in [0, 0.05) is 4.47 Å². The summed E-state index contributed by atoms with van der Waals surface area (Å²) in [5, 5.41) is 11.3. The van der Waals surface area contributed by atoms with Crippen molar-refractivity contribution in [2.24, 2.45) is 0 Å². The number of rotatable bonds is 2. The van der Waals surface area contributed by atoms with E-state index >= 15 is 0 Å². The van der Waals surface area contributed by atoms with E-state index in [4.69, 9.17) is 16.9 Å². The lowest BCUT2D eigenvalue weighted by Gasteiger charge is -2.08. The van der Waals surface area contributed by atoms with Gasteiger partial charge in [0.15, 0.2) is 0 Å². The molecule has 1 N–H and O–H groups in total.